The lowest BCUT2D eigenvalue weighted by Gasteiger charge is -2.25. The van der Waals surface area contributed by atoms with E-state index >= 15 is 0 Å². The number of aromatic amines is 1. The summed E-state index contributed by atoms with van der Waals surface area (Å²) in [4.78, 5) is 17.6. The minimum absolute atomic E-state index is 0.0508. The smallest absolute Gasteiger partial charge is 0.269 e. The number of sulfonamides is 1. The molecule has 1 aliphatic heterocycles. The number of nitrogens with zero attached hydrogens (tertiary/aromatic N) is 8. The molecule has 0 fully saturated rings. The van der Waals surface area contributed by atoms with Crippen LogP contribution in [0.4, 0.5) is 5.95 Å². The van der Waals surface area contributed by atoms with Crippen LogP contribution in [0.15, 0.2) is 53.6 Å². The second-order valence-corrected chi connectivity index (χ2v) is 12.9. The van der Waals surface area contributed by atoms with Gasteiger partial charge in [0.05, 0.1) is 12.1 Å². The van der Waals surface area contributed by atoms with Gasteiger partial charge >= 0.3 is 0 Å². The van der Waals surface area contributed by atoms with E-state index in [0.717, 1.165) is 38.9 Å². The van der Waals surface area contributed by atoms with Crippen LogP contribution < -0.4 is 10.1 Å². The largest absolute Gasteiger partial charge is 0.472 e. The van der Waals surface area contributed by atoms with Gasteiger partial charge in [-0.05, 0) is 78.4 Å². The van der Waals surface area contributed by atoms with Crippen LogP contribution >= 0.6 is 0 Å². The first kappa shape index (κ1) is 30.3. The maximum atomic E-state index is 13.9. The Bertz CT molecular complexity index is 1960. The molecule has 15 heteroatoms. The third-order valence-electron chi connectivity index (χ3n) is 8.26. The molecule has 234 valence electrons. The van der Waals surface area contributed by atoms with Gasteiger partial charge in [-0.3, -0.25) is 10.1 Å². The number of tetrazole rings is 1. The summed E-state index contributed by atoms with van der Waals surface area (Å²) in [6.07, 6.45) is 1.86. The van der Waals surface area contributed by atoms with Crippen molar-refractivity contribution in [3.05, 3.63) is 76.5 Å². The summed E-state index contributed by atoms with van der Waals surface area (Å²) in [7, 11) is -3.90. The fourth-order valence-electron chi connectivity index (χ4n) is 5.73. The van der Waals surface area contributed by atoms with Crippen molar-refractivity contribution in [3.8, 4) is 5.88 Å². The van der Waals surface area contributed by atoms with Gasteiger partial charge in [0, 0.05) is 31.6 Å². The molecule has 0 spiro atoms. The number of carbonyl (C=O) groups excluding carboxylic acids is 1. The van der Waals surface area contributed by atoms with Gasteiger partial charge in [-0.25, -0.2) is 18.1 Å². The van der Waals surface area contributed by atoms with E-state index in [1.54, 1.807) is 6.07 Å². The van der Waals surface area contributed by atoms with E-state index in [1.807, 2.05) is 62.7 Å². The summed E-state index contributed by atoms with van der Waals surface area (Å²) >= 11 is 0. The van der Waals surface area contributed by atoms with Gasteiger partial charge in [-0.1, -0.05) is 41.5 Å². The molecule has 45 heavy (non-hydrogen) atoms. The van der Waals surface area contributed by atoms with Gasteiger partial charge < -0.3 is 4.74 Å². The molecule has 1 aliphatic rings. The van der Waals surface area contributed by atoms with E-state index in [-0.39, 0.29) is 48.2 Å². The van der Waals surface area contributed by atoms with Crippen molar-refractivity contribution in [3.63, 3.8) is 0 Å². The third-order valence-corrected chi connectivity index (χ3v) is 10.1. The molecule has 14 nitrogen and oxygen atoms in total. The van der Waals surface area contributed by atoms with Crippen LogP contribution in [0.25, 0.3) is 11.0 Å². The molecule has 2 N–H and O–H groups in total. The molecule has 0 aliphatic carbocycles. The Labute approximate surface area is 260 Å². The van der Waals surface area contributed by atoms with Crippen molar-refractivity contribution < 1.29 is 17.9 Å². The summed E-state index contributed by atoms with van der Waals surface area (Å²) < 4.78 is 37.0. The van der Waals surface area contributed by atoms with E-state index in [1.165, 1.54) is 16.6 Å². The van der Waals surface area contributed by atoms with Crippen molar-refractivity contribution in [2.24, 2.45) is 0 Å². The quantitative estimate of drug-likeness (QED) is 0.245. The lowest BCUT2D eigenvalue weighted by atomic mass is 9.84. The first-order chi connectivity index (χ1) is 21.7. The molecule has 4 heterocycles. The van der Waals surface area contributed by atoms with Gasteiger partial charge in [-0.15, -0.1) is 10.2 Å². The Morgan fingerprint density at radius 3 is 2.76 bits per heavy atom. The lowest BCUT2D eigenvalue weighted by Crippen LogP contribution is -2.36. The molecule has 0 saturated carbocycles. The predicted octanol–water partition coefficient (Wildman–Crippen LogP) is 3.50. The molecular formula is C30H34N10O4S. The monoisotopic (exact) mass is 630 g/mol. The minimum Gasteiger partial charge on any atom is -0.472 e. The molecular weight excluding hydrogens is 596 g/mol. The lowest BCUT2D eigenvalue weighted by molar-refractivity contribution is -0.116. The topological polar surface area (TPSA) is 174 Å². The molecule has 0 saturated heterocycles. The number of benzene rings is 2. The average Bonchev–Trinajstić information content (AvgIpc) is 3.68. The molecule has 2 atom stereocenters. The second kappa shape index (κ2) is 12.3. The van der Waals surface area contributed by atoms with Crippen molar-refractivity contribution >= 4 is 32.9 Å². The van der Waals surface area contributed by atoms with Crippen molar-refractivity contribution in [2.45, 2.75) is 70.5 Å². The highest BCUT2D eigenvalue weighted by molar-refractivity contribution is 7.89. The number of anilines is 1. The van der Waals surface area contributed by atoms with Crippen LogP contribution in [0.2, 0.25) is 0 Å². The summed E-state index contributed by atoms with van der Waals surface area (Å²) in [5.41, 5.74) is 6.08. The van der Waals surface area contributed by atoms with E-state index in [9.17, 15) is 13.2 Å². The summed E-state index contributed by atoms with van der Waals surface area (Å²) in [6, 6.07) is 13.0. The van der Waals surface area contributed by atoms with Crippen LogP contribution in [0.1, 0.15) is 60.4 Å². The maximum absolute atomic E-state index is 13.9. The molecule has 5 aromatic rings. The van der Waals surface area contributed by atoms with Gasteiger partial charge in [0.2, 0.25) is 21.8 Å². The molecule has 0 radical (unpaired) electrons. The normalized spacial score (nSPS) is 16.9. The zero-order valence-corrected chi connectivity index (χ0v) is 26.2. The molecule has 3 aromatic heterocycles. The minimum atomic E-state index is -3.90. The number of aromatic nitrogens is 8. The number of hydrogen-bond donors (Lipinski definition) is 2. The first-order valence-corrected chi connectivity index (χ1v) is 16.2. The number of H-pyrrole nitrogens is 1. The highest BCUT2D eigenvalue weighted by atomic mass is 32.2. The van der Waals surface area contributed by atoms with Gasteiger partial charge in [-0.2, -0.15) is 9.52 Å². The summed E-state index contributed by atoms with van der Waals surface area (Å²) in [5, 5.41) is 24.9. The van der Waals surface area contributed by atoms with Crippen molar-refractivity contribution in [1.82, 2.24) is 44.9 Å². The van der Waals surface area contributed by atoms with Crippen LogP contribution in [-0.4, -0.2) is 71.9 Å². The van der Waals surface area contributed by atoms with Crippen molar-refractivity contribution in [2.75, 3.05) is 11.9 Å². The predicted molar refractivity (Wildman–Crippen MR) is 165 cm³/mol. The number of fused-ring (bicyclic) bond motifs is 2. The zero-order valence-electron chi connectivity index (χ0n) is 25.4. The van der Waals surface area contributed by atoms with E-state index in [4.69, 9.17) is 4.74 Å². The third kappa shape index (κ3) is 5.88. The Hall–Kier alpha value is -4.76. The van der Waals surface area contributed by atoms with E-state index in [2.05, 4.69) is 41.2 Å². The highest BCUT2D eigenvalue weighted by Gasteiger charge is 2.35. The molecule has 0 bridgehead atoms. The van der Waals surface area contributed by atoms with Gasteiger partial charge in [0.15, 0.2) is 0 Å². The standard InChI is InChI=1S/C30H34N10O4S/c1-5-22-17-39(45(42,43)26-8-7-13-31-29(26)44-22)16-21-14-20(10-9-18(21)3)24(15-27(41)32-30-34-36-37-35-30)23-11-12-25-28(19(23)4)33-38-40(25)6-2/h7-14,22,24H,5-6,15-17H2,1-4H3,(H2,32,34,35,36,37,41)/t22-,24?/m1/s1. The van der Waals surface area contributed by atoms with Gasteiger partial charge in [0.25, 0.3) is 5.95 Å². The fraction of sp³-hybridized carbons (Fsp3) is 0.367. The van der Waals surface area contributed by atoms with Crippen LogP contribution in [0.3, 0.4) is 0 Å². The zero-order chi connectivity index (χ0) is 31.7. The van der Waals surface area contributed by atoms with Crippen molar-refractivity contribution in [1.29, 1.82) is 0 Å². The van der Waals surface area contributed by atoms with Gasteiger partial charge in [0.1, 0.15) is 16.5 Å². The van der Waals surface area contributed by atoms with Crippen LogP contribution in [0, 0.1) is 13.8 Å². The second-order valence-electron chi connectivity index (χ2n) is 11.0. The number of carbonyl (C=O) groups is 1. The molecule has 1 amide bonds. The SMILES string of the molecule is CC[C@@H]1CN(Cc2cc(C(CC(=O)Nc3nn[nH]n3)c3ccc4c(nnn4CC)c3C)ccc2C)S(=O)(=O)c2cccnc2O1. The molecule has 1 unspecified atom stereocenters. The number of amides is 1. The molecule has 2 aromatic carbocycles. The van der Waals surface area contributed by atoms with E-state index in [0.29, 0.717) is 13.0 Å². The Morgan fingerprint density at radius 1 is 1.16 bits per heavy atom. The number of rotatable bonds is 9. The number of nitrogens with one attached hydrogen (secondary N) is 2. The number of ether oxygens (including phenoxy) is 1. The van der Waals surface area contributed by atoms with Crippen LogP contribution in [0.5, 0.6) is 5.88 Å². The Morgan fingerprint density at radius 2 is 2.00 bits per heavy atom. The fourth-order valence-corrected chi connectivity index (χ4v) is 7.25. The average molecular weight is 631 g/mol. The molecule has 6 rings (SSSR count). The highest BCUT2D eigenvalue weighted by Crippen LogP contribution is 2.36. The maximum Gasteiger partial charge on any atom is 0.269 e. The van der Waals surface area contributed by atoms with E-state index < -0.39 is 15.9 Å². The number of aryl methyl sites for hydroxylation is 3. The van der Waals surface area contributed by atoms with Crippen LogP contribution in [-0.2, 0) is 27.9 Å². The number of hydrogen-bond acceptors (Lipinski definition) is 10. The summed E-state index contributed by atoms with van der Waals surface area (Å²) in [6.45, 7) is 8.87. The number of pyridine rings is 1. The Kier molecular flexibility index (Phi) is 8.29. The summed E-state index contributed by atoms with van der Waals surface area (Å²) in [5.74, 6) is -0.502. The Balaban J connectivity index is 1.40. The first-order valence-electron chi connectivity index (χ1n) is 14.8.